The summed E-state index contributed by atoms with van der Waals surface area (Å²) < 4.78 is 9.66. The smallest absolute Gasteiger partial charge is 0.337 e. The van der Waals surface area contributed by atoms with Gasteiger partial charge in [-0.25, -0.2) is 19.6 Å². The lowest BCUT2D eigenvalue weighted by Gasteiger charge is -2.12. The summed E-state index contributed by atoms with van der Waals surface area (Å²) in [7, 11) is 2.58. The van der Waals surface area contributed by atoms with Crippen molar-refractivity contribution < 1.29 is 19.1 Å². The molecular formula is C25H23N3O4S. The van der Waals surface area contributed by atoms with Crippen LogP contribution in [0, 0.1) is 0 Å². The first-order valence-corrected chi connectivity index (χ1v) is 11.2. The summed E-state index contributed by atoms with van der Waals surface area (Å²) in [4.78, 5) is 34.0. The topological polar surface area (TPSA) is 90.4 Å². The molecule has 0 saturated carbocycles. The number of hydrogen-bond acceptors (Lipinski definition) is 8. The maximum Gasteiger partial charge on any atom is 0.337 e. The predicted molar refractivity (Wildman–Crippen MR) is 129 cm³/mol. The largest absolute Gasteiger partial charge is 0.465 e. The van der Waals surface area contributed by atoms with E-state index in [4.69, 9.17) is 9.47 Å². The van der Waals surface area contributed by atoms with Gasteiger partial charge in [0.1, 0.15) is 17.0 Å². The number of methoxy groups -OCH3 is 2. The van der Waals surface area contributed by atoms with E-state index >= 15 is 0 Å². The van der Waals surface area contributed by atoms with Gasteiger partial charge in [0.15, 0.2) is 0 Å². The van der Waals surface area contributed by atoms with Crippen LogP contribution >= 0.6 is 11.3 Å². The second-order valence-corrected chi connectivity index (χ2v) is 8.59. The van der Waals surface area contributed by atoms with Gasteiger partial charge in [0.05, 0.1) is 30.7 Å². The van der Waals surface area contributed by atoms with E-state index in [1.54, 1.807) is 12.1 Å². The number of benzene rings is 2. The van der Waals surface area contributed by atoms with E-state index in [9.17, 15) is 9.59 Å². The van der Waals surface area contributed by atoms with Crippen LogP contribution in [-0.2, 0) is 9.47 Å². The SMILES string of the molecule is COC(=O)c1cc(Nc2ncnc3scc(-c4ccc(C(C)C)cc4)c23)cc(C(=O)OC)c1. The quantitative estimate of drug-likeness (QED) is 0.363. The van der Waals surface area contributed by atoms with Gasteiger partial charge in [-0.3, -0.25) is 0 Å². The summed E-state index contributed by atoms with van der Waals surface area (Å²) in [5, 5.41) is 6.17. The zero-order valence-corrected chi connectivity index (χ0v) is 19.5. The first-order valence-electron chi connectivity index (χ1n) is 10.3. The van der Waals surface area contributed by atoms with Crippen molar-refractivity contribution in [1.82, 2.24) is 9.97 Å². The summed E-state index contributed by atoms with van der Waals surface area (Å²) in [5.41, 5.74) is 4.28. The third-order valence-corrected chi connectivity index (χ3v) is 6.18. The molecule has 4 aromatic rings. The third kappa shape index (κ3) is 4.56. The van der Waals surface area contributed by atoms with Crippen molar-refractivity contribution in [3.8, 4) is 11.1 Å². The van der Waals surface area contributed by atoms with Crippen LogP contribution < -0.4 is 5.32 Å². The van der Waals surface area contributed by atoms with Gasteiger partial charge in [0, 0.05) is 16.6 Å². The Hall–Kier alpha value is -3.78. The van der Waals surface area contributed by atoms with Crippen LogP contribution in [0.2, 0.25) is 0 Å². The Labute approximate surface area is 195 Å². The molecule has 0 amide bonds. The molecule has 7 nitrogen and oxygen atoms in total. The number of anilines is 2. The Morgan fingerprint density at radius 3 is 2.15 bits per heavy atom. The molecule has 0 spiro atoms. The molecule has 0 aliphatic carbocycles. The fourth-order valence-corrected chi connectivity index (χ4v) is 4.45. The second kappa shape index (κ2) is 9.38. The summed E-state index contributed by atoms with van der Waals surface area (Å²) in [6.07, 6.45) is 1.48. The Kier molecular flexibility index (Phi) is 6.37. The van der Waals surface area contributed by atoms with E-state index in [0.717, 1.165) is 21.3 Å². The maximum absolute atomic E-state index is 12.1. The van der Waals surface area contributed by atoms with E-state index in [1.807, 2.05) is 0 Å². The lowest BCUT2D eigenvalue weighted by Crippen LogP contribution is -2.08. The summed E-state index contributed by atoms with van der Waals surface area (Å²) >= 11 is 1.53. The molecular weight excluding hydrogens is 438 g/mol. The minimum atomic E-state index is -0.557. The highest BCUT2D eigenvalue weighted by Gasteiger charge is 2.17. The molecule has 168 valence electrons. The lowest BCUT2D eigenvalue weighted by molar-refractivity contribution is 0.0599. The van der Waals surface area contributed by atoms with Gasteiger partial charge < -0.3 is 14.8 Å². The van der Waals surface area contributed by atoms with Crippen molar-refractivity contribution in [3.05, 3.63) is 70.9 Å². The number of nitrogens with zero attached hydrogens (tertiary/aromatic N) is 2. The van der Waals surface area contributed by atoms with E-state index in [1.165, 1.54) is 43.5 Å². The van der Waals surface area contributed by atoms with Gasteiger partial charge in [0.2, 0.25) is 0 Å². The zero-order chi connectivity index (χ0) is 23.5. The Balaban J connectivity index is 1.79. The van der Waals surface area contributed by atoms with Crippen LogP contribution in [0.4, 0.5) is 11.5 Å². The normalized spacial score (nSPS) is 10.9. The number of carbonyl (C=O) groups excluding carboxylic acids is 2. The minimum Gasteiger partial charge on any atom is -0.465 e. The summed E-state index contributed by atoms with van der Waals surface area (Å²) in [6.45, 7) is 4.33. The van der Waals surface area contributed by atoms with Crippen molar-refractivity contribution in [2.24, 2.45) is 0 Å². The molecule has 0 fully saturated rings. The molecule has 0 bridgehead atoms. The molecule has 0 aliphatic heterocycles. The average Bonchev–Trinajstić information content (AvgIpc) is 3.28. The molecule has 0 saturated heterocycles. The van der Waals surface area contributed by atoms with E-state index < -0.39 is 11.9 Å². The van der Waals surface area contributed by atoms with Crippen LogP contribution in [0.5, 0.6) is 0 Å². The van der Waals surface area contributed by atoms with Crippen LogP contribution in [0.25, 0.3) is 21.3 Å². The first-order chi connectivity index (χ1) is 15.9. The van der Waals surface area contributed by atoms with E-state index in [2.05, 4.69) is 58.8 Å². The van der Waals surface area contributed by atoms with Crippen molar-refractivity contribution in [1.29, 1.82) is 0 Å². The van der Waals surface area contributed by atoms with E-state index in [-0.39, 0.29) is 11.1 Å². The number of thiophene rings is 1. The van der Waals surface area contributed by atoms with Gasteiger partial charge in [-0.15, -0.1) is 11.3 Å². The Morgan fingerprint density at radius 1 is 0.939 bits per heavy atom. The molecule has 1 N–H and O–H groups in total. The average molecular weight is 462 g/mol. The van der Waals surface area contributed by atoms with Gasteiger partial charge in [-0.05, 0) is 35.2 Å². The number of hydrogen-bond donors (Lipinski definition) is 1. The number of nitrogens with one attached hydrogen (secondary N) is 1. The van der Waals surface area contributed by atoms with Gasteiger partial charge in [-0.1, -0.05) is 38.1 Å². The van der Waals surface area contributed by atoms with Gasteiger partial charge in [0.25, 0.3) is 0 Å². The maximum atomic E-state index is 12.1. The standard InChI is InChI=1S/C25H23N3O4S/c1-14(2)15-5-7-16(8-6-15)20-12-33-23-21(20)22(26-13-27-23)28-19-10-17(24(29)31-3)9-18(11-19)25(30)32-4/h5-14H,1-4H3,(H,26,27,28). The molecule has 0 unspecified atom stereocenters. The predicted octanol–water partition coefficient (Wildman–Crippen LogP) is 5.80. The molecule has 33 heavy (non-hydrogen) atoms. The Morgan fingerprint density at radius 2 is 1.58 bits per heavy atom. The van der Waals surface area contributed by atoms with Crippen molar-refractivity contribution in [2.45, 2.75) is 19.8 Å². The molecule has 0 aliphatic rings. The third-order valence-electron chi connectivity index (χ3n) is 5.30. The van der Waals surface area contributed by atoms with Crippen molar-refractivity contribution in [3.63, 3.8) is 0 Å². The first kappa shape index (κ1) is 22.4. The van der Waals surface area contributed by atoms with Crippen molar-refractivity contribution >= 4 is 45.0 Å². The molecule has 0 radical (unpaired) electrons. The summed E-state index contributed by atoms with van der Waals surface area (Å²) in [5.74, 6) is -0.0943. The number of carbonyl (C=O) groups is 2. The summed E-state index contributed by atoms with van der Waals surface area (Å²) in [6, 6.07) is 13.1. The van der Waals surface area contributed by atoms with Gasteiger partial charge in [-0.2, -0.15) is 0 Å². The van der Waals surface area contributed by atoms with Gasteiger partial charge >= 0.3 is 11.9 Å². The molecule has 2 aromatic heterocycles. The highest BCUT2D eigenvalue weighted by Crippen LogP contribution is 2.38. The molecule has 0 atom stereocenters. The number of rotatable bonds is 6. The van der Waals surface area contributed by atoms with E-state index in [0.29, 0.717) is 17.4 Å². The fraction of sp³-hybridized carbons (Fsp3) is 0.200. The molecule has 2 heterocycles. The fourth-order valence-electron chi connectivity index (χ4n) is 3.54. The van der Waals surface area contributed by atoms with Crippen LogP contribution in [0.1, 0.15) is 46.0 Å². The van der Waals surface area contributed by atoms with Crippen LogP contribution in [0.3, 0.4) is 0 Å². The highest BCUT2D eigenvalue weighted by atomic mass is 32.1. The number of ether oxygens (including phenoxy) is 2. The second-order valence-electron chi connectivity index (χ2n) is 7.74. The van der Waals surface area contributed by atoms with Crippen molar-refractivity contribution in [2.75, 3.05) is 19.5 Å². The zero-order valence-electron chi connectivity index (χ0n) is 18.7. The lowest BCUT2D eigenvalue weighted by atomic mass is 9.99. The minimum absolute atomic E-state index is 0.225. The molecule has 8 heteroatoms. The van der Waals surface area contributed by atoms with Crippen LogP contribution in [0.15, 0.2) is 54.2 Å². The highest BCUT2D eigenvalue weighted by molar-refractivity contribution is 7.17. The number of fused-ring (bicyclic) bond motifs is 1. The van der Waals surface area contributed by atoms with Crippen LogP contribution in [-0.4, -0.2) is 36.1 Å². The molecule has 4 rings (SSSR count). The number of aromatic nitrogens is 2. The molecule has 2 aromatic carbocycles. The monoisotopic (exact) mass is 461 g/mol. The number of esters is 2. The Bertz CT molecular complexity index is 1300.